The highest BCUT2D eigenvalue weighted by Crippen LogP contribution is 2.26. The van der Waals surface area contributed by atoms with Crippen LogP contribution in [0.1, 0.15) is 23.4 Å². The number of carbonyl (C=O) groups excluding carboxylic acids is 1. The number of hydrogen-bond acceptors (Lipinski definition) is 4. The highest BCUT2D eigenvalue weighted by Gasteiger charge is 2.27. The van der Waals surface area contributed by atoms with Crippen LogP contribution < -0.4 is 5.32 Å². The van der Waals surface area contributed by atoms with Crippen molar-refractivity contribution in [1.82, 2.24) is 10.5 Å². The maximum Gasteiger partial charge on any atom is 0.289 e. The van der Waals surface area contributed by atoms with Crippen LogP contribution in [0.15, 0.2) is 16.8 Å². The fourth-order valence-electron chi connectivity index (χ4n) is 1.52. The minimum Gasteiger partial charge on any atom is -0.393 e. The predicted octanol–water partition coefficient (Wildman–Crippen LogP) is 0.175. The van der Waals surface area contributed by atoms with Crippen molar-refractivity contribution in [2.24, 2.45) is 5.92 Å². The van der Waals surface area contributed by atoms with Crippen LogP contribution in [-0.4, -0.2) is 28.8 Å². The maximum absolute atomic E-state index is 11.3. The van der Waals surface area contributed by atoms with E-state index in [4.69, 9.17) is 5.11 Å². The molecule has 5 heteroatoms. The molecule has 0 atom stereocenters. The molecule has 14 heavy (non-hydrogen) atoms. The summed E-state index contributed by atoms with van der Waals surface area (Å²) in [5, 5.41) is 15.2. The molecule has 2 N–H and O–H groups in total. The molecule has 0 aromatic carbocycles. The Bertz CT molecular complexity index is 304. The number of nitrogens with zero attached hydrogens (tertiary/aromatic N) is 1. The molecule has 0 spiro atoms. The van der Waals surface area contributed by atoms with Crippen molar-refractivity contribution in [2.45, 2.75) is 18.9 Å². The number of rotatable bonds is 3. The summed E-state index contributed by atoms with van der Waals surface area (Å²) in [7, 11) is 0. The van der Waals surface area contributed by atoms with Gasteiger partial charge in [-0.15, -0.1) is 0 Å². The summed E-state index contributed by atoms with van der Waals surface area (Å²) in [6, 6.07) is 1.52. The van der Waals surface area contributed by atoms with Crippen molar-refractivity contribution in [3.05, 3.63) is 18.0 Å². The third-order valence-corrected chi connectivity index (χ3v) is 2.42. The molecule has 1 saturated carbocycles. The van der Waals surface area contributed by atoms with Gasteiger partial charge in [-0.2, -0.15) is 0 Å². The molecule has 0 unspecified atom stereocenters. The Labute approximate surface area is 81.1 Å². The summed E-state index contributed by atoms with van der Waals surface area (Å²) in [5.74, 6) is 0.380. The van der Waals surface area contributed by atoms with E-state index in [1.807, 2.05) is 0 Å². The first-order valence-electron chi connectivity index (χ1n) is 4.62. The average molecular weight is 196 g/mol. The Kier molecular flexibility index (Phi) is 2.49. The maximum atomic E-state index is 11.3. The Morgan fingerprint density at radius 2 is 2.50 bits per heavy atom. The number of carbonyl (C=O) groups is 1. The molecule has 1 amide bonds. The Morgan fingerprint density at radius 1 is 1.71 bits per heavy atom. The third-order valence-electron chi connectivity index (χ3n) is 2.42. The van der Waals surface area contributed by atoms with Crippen LogP contribution in [-0.2, 0) is 0 Å². The van der Waals surface area contributed by atoms with Gasteiger partial charge in [0.1, 0.15) is 0 Å². The van der Waals surface area contributed by atoms with Crippen molar-refractivity contribution in [2.75, 3.05) is 6.54 Å². The summed E-state index contributed by atoms with van der Waals surface area (Å²) in [5.41, 5.74) is 0. The Morgan fingerprint density at radius 3 is 3.07 bits per heavy atom. The molecule has 1 fully saturated rings. The first kappa shape index (κ1) is 9.21. The normalized spacial score (nSPS) is 25.5. The summed E-state index contributed by atoms with van der Waals surface area (Å²) in [4.78, 5) is 11.3. The quantitative estimate of drug-likeness (QED) is 0.722. The predicted molar refractivity (Wildman–Crippen MR) is 47.6 cm³/mol. The van der Waals surface area contributed by atoms with E-state index in [0.29, 0.717) is 12.5 Å². The van der Waals surface area contributed by atoms with Crippen LogP contribution in [0.2, 0.25) is 0 Å². The van der Waals surface area contributed by atoms with Crippen LogP contribution >= 0.6 is 0 Å². The van der Waals surface area contributed by atoms with Crippen molar-refractivity contribution >= 4 is 5.91 Å². The van der Waals surface area contributed by atoms with E-state index in [-0.39, 0.29) is 17.8 Å². The topological polar surface area (TPSA) is 75.4 Å². The number of amides is 1. The van der Waals surface area contributed by atoms with Gasteiger partial charge in [0.25, 0.3) is 5.91 Å². The van der Waals surface area contributed by atoms with Gasteiger partial charge in [0, 0.05) is 12.6 Å². The molecule has 2 rings (SSSR count). The monoisotopic (exact) mass is 196 g/mol. The van der Waals surface area contributed by atoms with E-state index >= 15 is 0 Å². The number of aromatic nitrogens is 1. The number of nitrogens with one attached hydrogen (secondary N) is 1. The Hall–Kier alpha value is -1.36. The van der Waals surface area contributed by atoms with Gasteiger partial charge in [-0.05, 0) is 18.8 Å². The molecule has 1 heterocycles. The number of hydrogen-bond donors (Lipinski definition) is 2. The first-order chi connectivity index (χ1) is 6.75. The zero-order valence-corrected chi connectivity index (χ0v) is 7.64. The molecular formula is C9H12N2O3. The van der Waals surface area contributed by atoms with E-state index in [2.05, 4.69) is 15.0 Å². The van der Waals surface area contributed by atoms with Gasteiger partial charge in [0.2, 0.25) is 5.76 Å². The Balaban J connectivity index is 1.74. The molecule has 0 radical (unpaired) electrons. The van der Waals surface area contributed by atoms with Crippen LogP contribution in [0.25, 0.3) is 0 Å². The molecule has 1 aromatic heterocycles. The van der Waals surface area contributed by atoms with Gasteiger partial charge in [-0.1, -0.05) is 5.16 Å². The zero-order valence-electron chi connectivity index (χ0n) is 7.64. The van der Waals surface area contributed by atoms with E-state index < -0.39 is 0 Å². The van der Waals surface area contributed by atoms with Gasteiger partial charge < -0.3 is 14.9 Å². The van der Waals surface area contributed by atoms with Crippen molar-refractivity contribution in [3.63, 3.8) is 0 Å². The smallest absolute Gasteiger partial charge is 0.289 e. The zero-order chi connectivity index (χ0) is 9.97. The van der Waals surface area contributed by atoms with Crippen molar-refractivity contribution < 1.29 is 14.4 Å². The van der Waals surface area contributed by atoms with Crippen molar-refractivity contribution in [1.29, 1.82) is 0 Å². The van der Waals surface area contributed by atoms with Crippen LogP contribution in [0.4, 0.5) is 0 Å². The summed E-state index contributed by atoms with van der Waals surface area (Å²) >= 11 is 0. The molecule has 5 nitrogen and oxygen atoms in total. The largest absolute Gasteiger partial charge is 0.393 e. The van der Waals surface area contributed by atoms with Crippen LogP contribution in [0.5, 0.6) is 0 Å². The summed E-state index contributed by atoms with van der Waals surface area (Å²) in [6.45, 7) is 0.594. The molecule has 0 saturated heterocycles. The van der Waals surface area contributed by atoms with E-state index in [9.17, 15) is 4.79 Å². The minimum atomic E-state index is -0.246. The van der Waals surface area contributed by atoms with Crippen LogP contribution in [0.3, 0.4) is 0 Å². The third kappa shape index (κ3) is 1.93. The second-order valence-corrected chi connectivity index (χ2v) is 3.58. The SMILES string of the molecule is O=C(NCC1CC(O)C1)c1ccno1. The molecule has 0 aliphatic heterocycles. The fraction of sp³-hybridized carbons (Fsp3) is 0.556. The average Bonchev–Trinajstić information content (AvgIpc) is 2.62. The van der Waals surface area contributed by atoms with Crippen LogP contribution in [0, 0.1) is 5.92 Å². The second kappa shape index (κ2) is 3.79. The lowest BCUT2D eigenvalue weighted by molar-refractivity contribution is 0.0417. The van der Waals surface area contributed by atoms with E-state index in [1.165, 1.54) is 12.3 Å². The van der Waals surface area contributed by atoms with E-state index in [1.54, 1.807) is 0 Å². The molecule has 1 aromatic rings. The first-order valence-corrected chi connectivity index (χ1v) is 4.62. The number of aliphatic hydroxyl groups is 1. The highest BCUT2D eigenvalue weighted by molar-refractivity contribution is 5.91. The molecule has 76 valence electrons. The lowest BCUT2D eigenvalue weighted by Gasteiger charge is -2.31. The van der Waals surface area contributed by atoms with Gasteiger partial charge in [-0.25, -0.2) is 0 Å². The fourth-order valence-corrected chi connectivity index (χ4v) is 1.52. The van der Waals surface area contributed by atoms with Gasteiger partial charge in [0.05, 0.1) is 12.3 Å². The van der Waals surface area contributed by atoms with E-state index in [0.717, 1.165) is 12.8 Å². The molecular weight excluding hydrogens is 184 g/mol. The highest BCUT2D eigenvalue weighted by atomic mass is 16.5. The van der Waals surface area contributed by atoms with Crippen molar-refractivity contribution in [3.8, 4) is 0 Å². The summed E-state index contributed by atoms with van der Waals surface area (Å²) < 4.78 is 4.69. The summed E-state index contributed by atoms with van der Waals surface area (Å²) in [6.07, 6.45) is 2.80. The minimum absolute atomic E-state index is 0.179. The lowest BCUT2D eigenvalue weighted by atomic mass is 9.82. The lowest BCUT2D eigenvalue weighted by Crippen LogP contribution is -2.38. The number of aliphatic hydroxyl groups excluding tert-OH is 1. The molecule has 1 aliphatic carbocycles. The van der Waals surface area contributed by atoms with Gasteiger partial charge in [-0.3, -0.25) is 4.79 Å². The standard InChI is InChI=1S/C9H12N2O3/c12-7-3-6(4-7)5-10-9(13)8-1-2-11-14-8/h1-2,6-7,12H,3-5H2,(H,10,13). The molecule has 1 aliphatic rings. The molecule has 0 bridgehead atoms. The second-order valence-electron chi connectivity index (χ2n) is 3.58. The van der Waals surface area contributed by atoms with Gasteiger partial charge >= 0.3 is 0 Å². The van der Waals surface area contributed by atoms with Gasteiger partial charge in [0.15, 0.2) is 0 Å².